The van der Waals surface area contributed by atoms with Crippen molar-refractivity contribution in [1.29, 1.82) is 0 Å². The maximum absolute atomic E-state index is 12.5. The third-order valence-electron chi connectivity index (χ3n) is 4.92. The van der Waals surface area contributed by atoms with Gasteiger partial charge in [0.05, 0.1) is 12.3 Å². The Hall–Kier alpha value is -4.07. The molecule has 0 aliphatic heterocycles. The molecule has 0 aliphatic rings. The quantitative estimate of drug-likeness (QED) is 0.437. The van der Waals surface area contributed by atoms with Crippen LogP contribution >= 0.6 is 0 Å². The lowest BCUT2D eigenvalue weighted by atomic mass is 9.97. The van der Waals surface area contributed by atoms with Gasteiger partial charge in [-0.25, -0.2) is 4.79 Å². The molecule has 2 heterocycles. The number of aryl methyl sites for hydroxylation is 2. The zero-order valence-electron chi connectivity index (χ0n) is 18.1. The number of ether oxygens (including phenoxy) is 2. The van der Waals surface area contributed by atoms with Crippen molar-refractivity contribution >= 4 is 5.97 Å². The molecule has 2 aromatic heterocycles. The van der Waals surface area contributed by atoms with Crippen LogP contribution in [-0.4, -0.2) is 38.2 Å². The minimum Gasteiger partial charge on any atom is -0.488 e. The van der Waals surface area contributed by atoms with Gasteiger partial charge in [0, 0.05) is 17.3 Å². The molecular weight excluding hydrogens is 406 g/mol. The van der Waals surface area contributed by atoms with Crippen LogP contribution in [0.5, 0.6) is 5.75 Å². The largest absolute Gasteiger partial charge is 0.488 e. The van der Waals surface area contributed by atoms with Gasteiger partial charge in [-0.2, -0.15) is 5.21 Å². The van der Waals surface area contributed by atoms with E-state index in [0.717, 1.165) is 27.9 Å². The number of carbonyl (C=O) groups excluding carboxylic acids is 1. The maximum Gasteiger partial charge on any atom is 0.343 e. The Bertz CT molecular complexity index is 1220. The van der Waals surface area contributed by atoms with Crippen LogP contribution in [0.4, 0.5) is 0 Å². The highest BCUT2D eigenvalue weighted by atomic mass is 16.5. The van der Waals surface area contributed by atoms with E-state index in [9.17, 15) is 4.79 Å². The molecule has 0 saturated carbocycles. The van der Waals surface area contributed by atoms with Gasteiger partial charge >= 0.3 is 5.97 Å². The van der Waals surface area contributed by atoms with Gasteiger partial charge in [0.2, 0.25) is 5.82 Å². The fourth-order valence-corrected chi connectivity index (χ4v) is 3.53. The van der Waals surface area contributed by atoms with E-state index in [2.05, 4.69) is 25.6 Å². The first kappa shape index (κ1) is 21.2. The van der Waals surface area contributed by atoms with Gasteiger partial charge in [0.25, 0.3) is 0 Å². The highest BCUT2D eigenvalue weighted by Crippen LogP contribution is 2.31. The second-order valence-corrected chi connectivity index (χ2v) is 7.21. The molecule has 0 atom stereocenters. The number of pyridine rings is 1. The number of aromatic amines is 1. The first-order chi connectivity index (χ1) is 15.6. The lowest BCUT2D eigenvalue weighted by Gasteiger charge is -2.15. The van der Waals surface area contributed by atoms with Crippen molar-refractivity contribution in [3.8, 4) is 28.3 Å². The van der Waals surface area contributed by atoms with Gasteiger partial charge in [-0.3, -0.25) is 4.98 Å². The van der Waals surface area contributed by atoms with Crippen molar-refractivity contribution in [2.24, 2.45) is 0 Å². The minimum absolute atomic E-state index is 0.245. The van der Waals surface area contributed by atoms with Gasteiger partial charge in [0.1, 0.15) is 17.9 Å². The van der Waals surface area contributed by atoms with Crippen LogP contribution in [0.25, 0.3) is 22.5 Å². The Morgan fingerprint density at radius 3 is 2.56 bits per heavy atom. The Balaban J connectivity index is 1.67. The summed E-state index contributed by atoms with van der Waals surface area (Å²) >= 11 is 0. The molecule has 0 radical (unpaired) electrons. The number of hydrogen-bond acceptors (Lipinski definition) is 7. The summed E-state index contributed by atoms with van der Waals surface area (Å²) < 4.78 is 11.3. The molecule has 0 unspecified atom stereocenters. The number of tetrazole rings is 1. The molecule has 0 bridgehead atoms. The molecule has 0 spiro atoms. The number of esters is 1. The van der Waals surface area contributed by atoms with Gasteiger partial charge in [-0.15, -0.1) is 10.2 Å². The fraction of sp³-hybridized carbons (Fsp3) is 0.208. The van der Waals surface area contributed by atoms with Crippen molar-refractivity contribution < 1.29 is 14.3 Å². The molecule has 32 heavy (non-hydrogen) atoms. The summed E-state index contributed by atoms with van der Waals surface area (Å²) in [5.74, 6) is 0.495. The van der Waals surface area contributed by atoms with Gasteiger partial charge in [-0.1, -0.05) is 42.5 Å². The topological polar surface area (TPSA) is 103 Å². The second kappa shape index (κ2) is 9.38. The maximum atomic E-state index is 12.5. The third-order valence-corrected chi connectivity index (χ3v) is 4.92. The summed E-state index contributed by atoms with van der Waals surface area (Å²) in [4.78, 5) is 16.8. The highest BCUT2D eigenvalue weighted by Gasteiger charge is 2.19. The van der Waals surface area contributed by atoms with Crippen LogP contribution < -0.4 is 4.74 Å². The zero-order valence-corrected chi connectivity index (χ0v) is 18.1. The Morgan fingerprint density at radius 1 is 1.03 bits per heavy atom. The molecule has 4 aromatic rings. The number of hydrogen-bond donors (Lipinski definition) is 1. The number of carbonyl (C=O) groups is 1. The average Bonchev–Trinajstić information content (AvgIpc) is 3.33. The van der Waals surface area contributed by atoms with E-state index < -0.39 is 5.97 Å². The molecule has 0 aliphatic carbocycles. The van der Waals surface area contributed by atoms with E-state index >= 15 is 0 Å². The molecule has 8 nitrogen and oxygen atoms in total. The van der Waals surface area contributed by atoms with E-state index in [4.69, 9.17) is 9.47 Å². The summed E-state index contributed by atoms with van der Waals surface area (Å²) in [6, 6.07) is 17.7. The van der Waals surface area contributed by atoms with Crippen LogP contribution in [-0.2, 0) is 11.3 Å². The standard InChI is InChI=1S/C24H23N5O3/c1-4-31-24(30)22-16(3)25-15(2)12-21(22)32-14-17-10-11-19(18-8-6-5-7-9-18)20(13-17)23-26-28-29-27-23/h5-13H,4,14H2,1-3H3,(H,26,27,28,29). The van der Waals surface area contributed by atoms with E-state index in [1.807, 2.05) is 55.5 Å². The van der Waals surface area contributed by atoms with Crippen molar-refractivity contribution in [3.63, 3.8) is 0 Å². The van der Waals surface area contributed by atoms with E-state index in [0.29, 0.717) is 22.8 Å². The van der Waals surface area contributed by atoms with Crippen LogP contribution in [0.3, 0.4) is 0 Å². The number of H-pyrrole nitrogens is 1. The monoisotopic (exact) mass is 429 g/mol. The van der Waals surface area contributed by atoms with Gasteiger partial charge in [0.15, 0.2) is 0 Å². The van der Waals surface area contributed by atoms with Crippen LogP contribution in [0.15, 0.2) is 54.6 Å². The summed E-state index contributed by atoms with van der Waals surface area (Å²) in [5, 5.41) is 14.5. The first-order valence-corrected chi connectivity index (χ1v) is 10.3. The minimum atomic E-state index is -0.445. The van der Waals surface area contributed by atoms with Crippen molar-refractivity contribution in [1.82, 2.24) is 25.6 Å². The molecule has 0 fully saturated rings. The summed E-state index contributed by atoms with van der Waals surface area (Å²) in [6.45, 7) is 5.92. The smallest absolute Gasteiger partial charge is 0.343 e. The number of nitrogens with one attached hydrogen (secondary N) is 1. The van der Waals surface area contributed by atoms with Crippen molar-refractivity contribution in [3.05, 3.63) is 77.1 Å². The summed E-state index contributed by atoms with van der Waals surface area (Å²) in [6.07, 6.45) is 0. The summed E-state index contributed by atoms with van der Waals surface area (Å²) in [7, 11) is 0. The van der Waals surface area contributed by atoms with Crippen molar-refractivity contribution in [2.45, 2.75) is 27.4 Å². The molecule has 4 rings (SSSR count). The summed E-state index contributed by atoms with van der Waals surface area (Å²) in [5.41, 5.74) is 5.44. The SMILES string of the molecule is CCOC(=O)c1c(OCc2ccc(-c3ccccc3)c(-c3nn[nH]n3)c2)cc(C)nc1C. The Morgan fingerprint density at radius 2 is 1.84 bits per heavy atom. The van der Waals surface area contributed by atoms with Gasteiger partial charge < -0.3 is 9.47 Å². The number of benzene rings is 2. The molecule has 1 N–H and O–H groups in total. The predicted molar refractivity (Wildman–Crippen MR) is 119 cm³/mol. The van der Waals surface area contributed by atoms with Crippen LogP contribution in [0.2, 0.25) is 0 Å². The Kier molecular flexibility index (Phi) is 6.21. The predicted octanol–water partition coefficient (Wildman–Crippen LogP) is 4.30. The van der Waals surface area contributed by atoms with E-state index in [1.165, 1.54) is 0 Å². The van der Waals surface area contributed by atoms with E-state index in [-0.39, 0.29) is 13.2 Å². The van der Waals surface area contributed by atoms with Crippen LogP contribution in [0.1, 0.15) is 34.2 Å². The fourth-order valence-electron chi connectivity index (χ4n) is 3.53. The second-order valence-electron chi connectivity index (χ2n) is 7.21. The van der Waals surface area contributed by atoms with Crippen molar-refractivity contribution in [2.75, 3.05) is 6.61 Å². The third kappa shape index (κ3) is 4.49. The molecule has 8 heteroatoms. The number of nitrogens with zero attached hydrogens (tertiary/aromatic N) is 4. The molecule has 0 saturated heterocycles. The lowest BCUT2D eigenvalue weighted by Crippen LogP contribution is -2.12. The number of rotatable bonds is 7. The van der Waals surface area contributed by atoms with Gasteiger partial charge in [-0.05, 0) is 48.7 Å². The zero-order chi connectivity index (χ0) is 22.5. The molecule has 2 aromatic carbocycles. The highest BCUT2D eigenvalue weighted by molar-refractivity contribution is 5.93. The normalized spacial score (nSPS) is 10.7. The number of aromatic nitrogens is 5. The average molecular weight is 429 g/mol. The molecular formula is C24H23N5O3. The van der Waals surface area contributed by atoms with E-state index in [1.54, 1.807) is 19.9 Å². The molecule has 162 valence electrons. The molecule has 0 amide bonds. The Labute approximate surface area is 185 Å². The van der Waals surface area contributed by atoms with Crippen LogP contribution in [0, 0.1) is 13.8 Å². The first-order valence-electron chi connectivity index (χ1n) is 10.3. The lowest BCUT2D eigenvalue weighted by molar-refractivity contribution is 0.0519.